The smallest absolute Gasteiger partial charge is 0.409 e. The van der Waals surface area contributed by atoms with E-state index in [1.54, 1.807) is 0 Å². The fourth-order valence-corrected chi connectivity index (χ4v) is 3.58. The zero-order valence-electron chi connectivity index (χ0n) is 14.0. The van der Waals surface area contributed by atoms with Crippen molar-refractivity contribution >= 4 is 6.09 Å². The van der Waals surface area contributed by atoms with Crippen LogP contribution in [-0.4, -0.2) is 72.7 Å². The molecule has 0 aliphatic carbocycles. The van der Waals surface area contributed by atoms with Crippen LogP contribution < -0.4 is 0 Å². The molecule has 1 amide bonds. The summed E-state index contributed by atoms with van der Waals surface area (Å²) in [6, 6.07) is 11.3. The van der Waals surface area contributed by atoms with Gasteiger partial charge in [0.15, 0.2) is 0 Å². The lowest BCUT2D eigenvalue weighted by atomic mass is 10.2. The van der Waals surface area contributed by atoms with Gasteiger partial charge in [-0.3, -0.25) is 9.80 Å². The van der Waals surface area contributed by atoms with E-state index in [9.17, 15) is 4.79 Å². The van der Waals surface area contributed by atoms with Gasteiger partial charge in [0.25, 0.3) is 0 Å². The first kappa shape index (κ1) is 16.3. The van der Waals surface area contributed by atoms with Crippen LogP contribution in [0.4, 0.5) is 4.79 Å². The van der Waals surface area contributed by atoms with Gasteiger partial charge < -0.3 is 9.64 Å². The SMILES string of the molecule is CCOC(=O)N1CCN(C2CCN(Cc3ccccc3)C2)CC1. The summed E-state index contributed by atoms with van der Waals surface area (Å²) in [5, 5.41) is 0. The molecule has 2 fully saturated rings. The Hall–Kier alpha value is -1.59. The molecule has 0 spiro atoms. The molecule has 1 unspecified atom stereocenters. The average Bonchev–Trinajstić information content (AvgIpc) is 3.05. The van der Waals surface area contributed by atoms with Gasteiger partial charge in [0, 0.05) is 51.9 Å². The van der Waals surface area contributed by atoms with Crippen LogP contribution in [0.3, 0.4) is 0 Å². The van der Waals surface area contributed by atoms with Crippen molar-refractivity contribution in [3.63, 3.8) is 0 Å². The minimum Gasteiger partial charge on any atom is -0.450 e. The fraction of sp³-hybridized carbons (Fsp3) is 0.611. The van der Waals surface area contributed by atoms with Gasteiger partial charge in [0.1, 0.15) is 0 Å². The minimum atomic E-state index is -0.163. The van der Waals surface area contributed by atoms with Gasteiger partial charge in [0.2, 0.25) is 0 Å². The number of likely N-dealkylation sites (tertiary alicyclic amines) is 1. The number of rotatable bonds is 4. The minimum absolute atomic E-state index is 0.163. The Kier molecular flexibility index (Phi) is 5.51. The van der Waals surface area contributed by atoms with E-state index in [4.69, 9.17) is 4.74 Å². The first-order valence-electron chi connectivity index (χ1n) is 8.68. The summed E-state index contributed by atoms with van der Waals surface area (Å²) in [4.78, 5) is 18.7. The molecule has 23 heavy (non-hydrogen) atoms. The molecule has 1 aromatic rings. The Morgan fingerprint density at radius 3 is 2.57 bits per heavy atom. The molecule has 5 heteroatoms. The number of nitrogens with zero attached hydrogens (tertiary/aromatic N) is 3. The van der Waals surface area contributed by atoms with Crippen molar-refractivity contribution in [2.75, 3.05) is 45.9 Å². The third-order valence-corrected chi connectivity index (χ3v) is 4.85. The van der Waals surface area contributed by atoms with Crippen molar-refractivity contribution in [1.82, 2.24) is 14.7 Å². The van der Waals surface area contributed by atoms with Crippen LogP contribution in [0.5, 0.6) is 0 Å². The van der Waals surface area contributed by atoms with Gasteiger partial charge in [-0.1, -0.05) is 30.3 Å². The standard InChI is InChI=1S/C18H27N3O2/c1-2-23-18(22)21-12-10-20(11-13-21)17-8-9-19(15-17)14-16-6-4-3-5-7-16/h3-7,17H,2,8-15H2,1H3. The lowest BCUT2D eigenvalue weighted by Crippen LogP contribution is -2.52. The Morgan fingerprint density at radius 1 is 1.13 bits per heavy atom. The number of carbonyl (C=O) groups excluding carboxylic acids is 1. The zero-order valence-corrected chi connectivity index (χ0v) is 14.0. The number of carbonyl (C=O) groups is 1. The van der Waals surface area contributed by atoms with Gasteiger partial charge in [0.05, 0.1) is 6.61 Å². The lowest BCUT2D eigenvalue weighted by Gasteiger charge is -2.37. The summed E-state index contributed by atoms with van der Waals surface area (Å²) in [5.41, 5.74) is 1.39. The first-order valence-corrected chi connectivity index (χ1v) is 8.68. The summed E-state index contributed by atoms with van der Waals surface area (Å²) in [7, 11) is 0. The van der Waals surface area contributed by atoms with Crippen LogP contribution in [0, 0.1) is 0 Å². The summed E-state index contributed by atoms with van der Waals surface area (Å²) in [6.07, 6.45) is 1.07. The molecule has 3 rings (SSSR count). The van der Waals surface area contributed by atoms with Gasteiger partial charge in [-0.2, -0.15) is 0 Å². The van der Waals surface area contributed by atoms with Crippen LogP contribution in [0.25, 0.3) is 0 Å². The van der Waals surface area contributed by atoms with Crippen LogP contribution in [-0.2, 0) is 11.3 Å². The molecular formula is C18H27N3O2. The van der Waals surface area contributed by atoms with Crippen LogP contribution in [0.2, 0.25) is 0 Å². The quantitative estimate of drug-likeness (QED) is 0.851. The third-order valence-electron chi connectivity index (χ3n) is 4.85. The molecule has 126 valence electrons. The maximum absolute atomic E-state index is 11.8. The number of hydrogen-bond donors (Lipinski definition) is 0. The van der Waals surface area contributed by atoms with Gasteiger partial charge in [-0.25, -0.2) is 4.79 Å². The Bertz CT molecular complexity index is 500. The summed E-state index contributed by atoms with van der Waals surface area (Å²) in [5.74, 6) is 0. The molecule has 0 N–H and O–H groups in total. The monoisotopic (exact) mass is 317 g/mol. The fourth-order valence-electron chi connectivity index (χ4n) is 3.58. The van der Waals surface area contributed by atoms with Crippen molar-refractivity contribution in [1.29, 1.82) is 0 Å². The van der Waals surface area contributed by atoms with E-state index in [1.165, 1.54) is 12.0 Å². The molecule has 5 nitrogen and oxygen atoms in total. The summed E-state index contributed by atoms with van der Waals surface area (Å²) >= 11 is 0. The highest BCUT2D eigenvalue weighted by Gasteiger charge is 2.31. The molecule has 1 aromatic carbocycles. The van der Waals surface area contributed by atoms with E-state index in [2.05, 4.69) is 40.1 Å². The molecule has 0 aromatic heterocycles. The molecule has 2 heterocycles. The molecule has 2 aliphatic rings. The van der Waals surface area contributed by atoms with Gasteiger partial charge in [-0.05, 0) is 18.9 Å². The number of amides is 1. The highest BCUT2D eigenvalue weighted by atomic mass is 16.6. The van der Waals surface area contributed by atoms with Crippen LogP contribution >= 0.6 is 0 Å². The Morgan fingerprint density at radius 2 is 1.87 bits per heavy atom. The van der Waals surface area contributed by atoms with Gasteiger partial charge >= 0.3 is 6.09 Å². The second kappa shape index (κ2) is 7.79. The molecule has 0 bridgehead atoms. The van der Waals surface area contributed by atoms with Crippen LogP contribution in [0.15, 0.2) is 30.3 Å². The largest absolute Gasteiger partial charge is 0.450 e. The van der Waals surface area contributed by atoms with Crippen molar-refractivity contribution in [2.24, 2.45) is 0 Å². The molecule has 0 radical (unpaired) electrons. The van der Waals surface area contributed by atoms with E-state index in [1.807, 2.05) is 11.8 Å². The third kappa shape index (κ3) is 4.24. The molecule has 2 saturated heterocycles. The zero-order chi connectivity index (χ0) is 16.1. The van der Waals surface area contributed by atoms with E-state index < -0.39 is 0 Å². The predicted molar refractivity (Wildman–Crippen MR) is 90.3 cm³/mol. The Balaban J connectivity index is 1.44. The first-order chi connectivity index (χ1) is 11.3. The highest BCUT2D eigenvalue weighted by molar-refractivity contribution is 5.67. The summed E-state index contributed by atoms with van der Waals surface area (Å²) in [6.45, 7) is 9.14. The molecular weight excluding hydrogens is 290 g/mol. The Labute approximate surface area is 138 Å². The lowest BCUT2D eigenvalue weighted by molar-refractivity contribution is 0.0669. The number of ether oxygens (including phenoxy) is 1. The van der Waals surface area contributed by atoms with E-state index in [-0.39, 0.29) is 6.09 Å². The second-order valence-electron chi connectivity index (χ2n) is 6.39. The van der Waals surface area contributed by atoms with Crippen LogP contribution in [0.1, 0.15) is 18.9 Å². The van der Waals surface area contributed by atoms with Crippen molar-refractivity contribution in [2.45, 2.75) is 25.9 Å². The molecule has 0 saturated carbocycles. The maximum atomic E-state index is 11.8. The van der Waals surface area contributed by atoms with E-state index in [0.717, 1.165) is 45.8 Å². The van der Waals surface area contributed by atoms with E-state index in [0.29, 0.717) is 12.6 Å². The molecule has 2 aliphatic heterocycles. The maximum Gasteiger partial charge on any atom is 0.409 e. The number of piperazine rings is 1. The number of hydrogen-bond acceptors (Lipinski definition) is 4. The topological polar surface area (TPSA) is 36.0 Å². The molecule has 1 atom stereocenters. The average molecular weight is 317 g/mol. The van der Waals surface area contributed by atoms with E-state index >= 15 is 0 Å². The normalized spacial score (nSPS) is 23.2. The van der Waals surface area contributed by atoms with Crippen molar-refractivity contribution < 1.29 is 9.53 Å². The van der Waals surface area contributed by atoms with Crippen molar-refractivity contribution in [3.8, 4) is 0 Å². The second-order valence-corrected chi connectivity index (χ2v) is 6.39. The van der Waals surface area contributed by atoms with Gasteiger partial charge in [-0.15, -0.1) is 0 Å². The summed E-state index contributed by atoms with van der Waals surface area (Å²) < 4.78 is 5.09. The number of benzene rings is 1. The van der Waals surface area contributed by atoms with Crippen molar-refractivity contribution in [3.05, 3.63) is 35.9 Å². The highest BCUT2D eigenvalue weighted by Crippen LogP contribution is 2.19. The predicted octanol–water partition coefficient (Wildman–Crippen LogP) is 2.03.